The molecular weight excluding hydrogens is 174 g/mol. The van der Waals surface area contributed by atoms with E-state index in [2.05, 4.69) is 0 Å². The summed E-state index contributed by atoms with van der Waals surface area (Å²) in [5, 5.41) is 10.4. The molecule has 0 heterocycles. The highest BCUT2D eigenvalue weighted by molar-refractivity contribution is 5.52. The van der Waals surface area contributed by atoms with E-state index in [1.807, 2.05) is 25.1 Å². The van der Waals surface area contributed by atoms with Crippen LogP contribution in [-0.4, -0.2) is 5.11 Å². The number of rotatable bonds is 1. The average molecular weight is 191 g/mol. The summed E-state index contributed by atoms with van der Waals surface area (Å²) in [6.45, 7) is 2.01. The second-order valence-electron chi connectivity index (χ2n) is 4.33. The van der Waals surface area contributed by atoms with Crippen LogP contribution in [-0.2, 0) is 5.60 Å². The Balaban J connectivity index is 2.40. The molecule has 76 valence electrons. The van der Waals surface area contributed by atoms with Crippen molar-refractivity contribution in [3.05, 3.63) is 29.3 Å². The van der Waals surface area contributed by atoms with Crippen LogP contribution in [0.3, 0.4) is 0 Å². The molecule has 0 bridgehead atoms. The van der Waals surface area contributed by atoms with Gasteiger partial charge in [0, 0.05) is 11.3 Å². The lowest BCUT2D eigenvalue weighted by atomic mass is 9.90. The zero-order chi connectivity index (χ0) is 10.2. The minimum absolute atomic E-state index is 0.655. The second-order valence-corrected chi connectivity index (χ2v) is 4.33. The maximum Gasteiger partial charge on any atom is 0.0916 e. The summed E-state index contributed by atoms with van der Waals surface area (Å²) in [4.78, 5) is 0. The van der Waals surface area contributed by atoms with E-state index in [4.69, 9.17) is 5.73 Å². The molecule has 0 atom stereocenters. The van der Waals surface area contributed by atoms with Gasteiger partial charge in [-0.25, -0.2) is 0 Å². The van der Waals surface area contributed by atoms with E-state index in [1.54, 1.807) is 0 Å². The van der Waals surface area contributed by atoms with Gasteiger partial charge in [-0.1, -0.05) is 25.0 Å². The van der Waals surface area contributed by atoms with Crippen molar-refractivity contribution < 1.29 is 5.11 Å². The molecule has 14 heavy (non-hydrogen) atoms. The minimum atomic E-state index is -0.655. The van der Waals surface area contributed by atoms with Crippen LogP contribution in [0.4, 0.5) is 5.69 Å². The third-order valence-electron chi connectivity index (χ3n) is 3.14. The van der Waals surface area contributed by atoms with Crippen molar-refractivity contribution in [2.45, 2.75) is 38.2 Å². The molecule has 1 aliphatic rings. The van der Waals surface area contributed by atoms with Crippen LogP contribution in [0.25, 0.3) is 0 Å². The van der Waals surface area contributed by atoms with Crippen LogP contribution >= 0.6 is 0 Å². The Morgan fingerprint density at radius 2 is 1.93 bits per heavy atom. The number of nitrogen functional groups attached to an aromatic ring is 1. The van der Waals surface area contributed by atoms with E-state index >= 15 is 0 Å². The molecule has 0 aromatic heterocycles. The first-order valence-electron chi connectivity index (χ1n) is 5.21. The van der Waals surface area contributed by atoms with Crippen molar-refractivity contribution >= 4 is 5.69 Å². The summed E-state index contributed by atoms with van der Waals surface area (Å²) in [7, 11) is 0. The van der Waals surface area contributed by atoms with E-state index in [9.17, 15) is 5.11 Å². The number of benzene rings is 1. The molecule has 1 aromatic carbocycles. The zero-order valence-electron chi connectivity index (χ0n) is 8.59. The Bertz CT molecular complexity index is 340. The third-order valence-corrected chi connectivity index (χ3v) is 3.14. The maximum atomic E-state index is 10.4. The number of hydrogen-bond donors (Lipinski definition) is 2. The van der Waals surface area contributed by atoms with Crippen LogP contribution in [0.5, 0.6) is 0 Å². The first kappa shape index (κ1) is 9.53. The zero-order valence-corrected chi connectivity index (χ0v) is 8.59. The second kappa shape index (κ2) is 3.28. The molecule has 3 N–H and O–H groups in total. The molecule has 0 radical (unpaired) electrons. The molecule has 1 fully saturated rings. The van der Waals surface area contributed by atoms with Crippen molar-refractivity contribution in [3.63, 3.8) is 0 Å². The summed E-state index contributed by atoms with van der Waals surface area (Å²) in [5.41, 5.74) is 8.07. The van der Waals surface area contributed by atoms with Crippen molar-refractivity contribution in [1.82, 2.24) is 0 Å². The summed E-state index contributed by atoms with van der Waals surface area (Å²) in [5.74, 6) is 0. The molecule has 1 aromatic rings. The molecule has 2 heteroatoms. The molecule has 1 saturated carbocycles. The van der Waals surface area contributed by atoms with Crippen LogP contribution in [0.2, 0.25) is 0 Å². The quantitative estimate of drug-likeness (QED) is 0.669. The maximum absolute atomic E-state index is 10.4. The summed E-state index contributed by atoms with van der Waals surface area (Å²) in [6.07, 6.45) is 3.90. The fourth-order valence-corrected chi connectivity index (χ4v) is 2.34. The topological polar surface area (TPSA) is 46.2 Å². The molecule has 2 nitrogen and oxygen atoms in total. The van der Waals surface area contributed by atoms with Crippen molar-refractivity contribution in [3.8, 4) is 0 Å². The lowest BCUT2D eigenvalue weighted by molar-refractivity contribution is 0.0452. The van der Waals surface area contributed by atoms with Crippen molar-refractivity contribution in [2.24, 2.45) is 0 Å². The molecule has 0 unspecified atom stereocenters. The highest BCUT2D eigenvalue weighted by Crippen LogP contribution is 2.40. The Morgan fingerprint density at radius 1 is 1.29 bits per heavy atom. The van der Waals surface area contributed by atoms with Crippen LogP contribution < -0.4 is 5.73 Å². The van der Waals surface area contributed by atoms with Gasteiger partial charge >= 0.3 is 0 Å². The lowest BCUT2D eigenvalue weighted by Gasteiger charge is -2.24. The van der Waals surface area contributed by atoms with Crippen molar-refractivity contribution in [2.75, 3.05) is 5.73 Å². The fourth-order valence-electron chi connectivity index (χ4n) is 2.34. The predicted octanol–water partition coefficient (Wildman–Crippen LogP) is 2.34. The smallest absolute Gasteiger partial charge is 0.0916 e. The monoisotopic (exact) mass is 191 g/mol. The Hall–Kier alpha value is -1.02. The largest absolute Gasteiger partial charge is 0.398 e. The summed E-state index contributed by atoms with van der Waals surface area (Å²) in [6, 6.07) is 5.92. The van der Waals surface area contributed by atoms with Gasteiger partial charge in [0.2, 0.25) is 0 Å². The number of aryl methyl sites for hydroxylation is 1. The highest BCUT2D eigenvalue weighted by atomic mass is 16.3. The highest BCUT2D eigenvalue weighted by Gasteiger charge is 2.34. The van der Waals surface area contributed by atoms with Gasteiger partial charge < -0.3 is 10.8 Å². The van der Waals surface area contributed by atoms with Crippen LogP contribution in [0.15, 0.2) is 18.2 Å². The molecular formula is C12H17NO. The normalized spacial score (nSPS) is 19.9. The van der Waals surface area contributed by atoms with E-state index in [-0.39, 0.29) is 0 Å². The van der Waals surface area contributed by atoms with E-state index in [0.29, 0.717) is 0 Å². The molecule has 0 amide bonds. The summed E-state index contributed by atoms with van der Waals surface area (Å²) >= 11 is 0. The standard InChI is InChI=1S/C12H17NO/c1-9-4-5-10(11(13)8-9)12(14)6-2-3-7-12/h4-5,8,14H,2-3,6-7,13H2,1H3. The first-order valence-corrected chi connectivity index (χ1v) is 5.21. The van der Waals surface area contributed by atoms with Crippen LogP contribution in [0.1, 0.15) is 36.8 Å². The van der Waals surface area contributed by atoms with Gasteiger partial charge in [0.25, 0.3) is 0 Å². The molecule has 0 spiro atoms. The van der Waals surface area contributed by atoms with Gasteiger partial charge in [0.15, 0.2) is 0 Å². The van der Waals surface area contributed by atoms with Gasteiger partial charge in [-0.2, -0.15) is 0 Å². The minimum Gasteiger partial charge on any atom is -0.398 e. The molecule has 0 saturated heterocycles. The number of hydrogen-bond acceptors (Lipinski definition) is 2. The van der Waals surface area contributed by atoms with Gasteiger partial charge in [0.05, 0.1) is 5.60 Å². The van der Waals surface area contributed by atoms with Gasteiger partial charge in [-0.3, -0.25) is 0 Å². The van der Waals surface area contributed by atoms with Crippen molar-refractivity contribution in [1.29, 1.82) is 0 Å². The molecule has 0 aliphatic heterocycles. The van der Waals surface area contributed by atoms with Gasteiger partial charge in [-0.05, 0) is 31.4 Å². The first-order chi connectivity index (χ1) is 6.62. The number of nitrogens with two attached hydrogens (primary N) is 1. The van der Waals surface area contributed by atoms with E-state index in [1.165, 1.54) is 0 Å². The predicted molar refractivity (Wildman–Crippen MR) is 58.0 cm³/mol. The number of aliphatic hydroxyl groups is 1. The molecule has 1 aliphatic carbocycles. The fraction of sp³-hybridized carbons (Fsp3) is 0.500. The Kier molecular flexibility index (Phi) is 2.23. The van der Waals surface area contributed by atoms with E-state index in [0.717, 1.165) is 42.5 Å². The Labute approximate surface area is 84.7 Å². The molecule has 2 rings (SSSR count). The lowest BCUT2D eigenvalue weighted by Crippen LogP contribution is -2.22. The number of anilines is 1. The average Bonchev–Trinajstić information content (AvgIpc) is 2.52. The SMILES string of the molecule is Cc1ccc(C2(O)CCCC2)c(N)c1. The van der Waals surface area contributed by atoms with Gasteiger partial charge in [0.1, 0.15) is 0 Å². The summed E-state index contributed by atoms with van der Waals surface area (Å²) < 4.78 is 0. The van der Waals surface area contributed by atoms with Gasteiger partial charge in [-0.15, -0.1) is 0 Å². The Morgan fingerprint density at radius 3 is 2.50 bits per heavy atom. The third kappa shape index (κ3) is 1.50. The van der Waals surface area contributed by atoms with E-state index < -0.39 is 5.60 Å². The van der Waals surface area contributed by atoms with Crippen LogP contribution in [0, 0.1) is 6.92 Å².